The Morgan fingerprint density at radius 2 is 1.78 bits per heavy atom. The van der Waals surface area contributed by atoms with Gasteiger partial charge in [0.05, 0.1) is 23.9 Å². The van der Waals surface area contributed by atoms with Crippen LogP contribution in [0, 0.1) is 11.3 Å². The normalized spacial score (nSPS) is 12.5. The highest BCUT2D eigenvalue weighted by Gasteiger charge is 2.25. The minimum absolute atomic E-state index is 0.0363. The van der Waals surface area contributed by atoms with Gasteiger partial charge in [-0.05, 0) is 74.7 Å². The van der Waals surface area contributed by atoms with Crippen LogP contribution in [0.25, 0.3) is 0 Å². The van der Waals surface area contributed by atoms with Crippen LogP contribution < -0.4 is 14.2 Å². The Morgan fingerprint density at radius 1 is 1.03 bits per heavy atom. The van der Waals surface area contributed by atoms with Gasteiger partial charge in [0.15, 0.2) is 0 Å². The maximum Gasteiger partial charge on any atom is 0.243 e. The quantitative estimate of drug-likeness (QED) is 0.334. The first-order valence-corrected chi connectivity index (χ1v) is 14.8. The number of nitrogens with zero attached hydrogens (tertiary/aromatic N) is 1. The molecule has 0 aliphatic heterocycles. The maximum atomic E-state index is 12.9. The molecule has 0 fully saturated rings. The van der Waals surface area contributed by atoms with Crippen molar-refractivity contribution in [3.8, 4) is 11.8 Å². The van der Waals surface area contributed by atoms with Crippen molar-refractivity contribution in [2.45, 2.75) is 44.0 Å². The van der Waals surface area contributed by atoms with Crippen LogP contribution in [-0.2, 0) is 33.9 Å². The van der Waals surface area contributed by atoms with Crippen molar-refractivity contribution in [2.24, 2.45) is 0 Å². The van der Waals surface area contributed by atoms with Gasteiger partial charge in [-0.25, -0.2) is 17.3 Å². The topological polar surface area (TPSA) is 108 Å². The minimum atomic E-state index is -3.81. The minimum Gasteiger partial charge on any atom is -0.493 e. The number of nitriles is 1. The average Bonchev–Trinajstić information content (AvgIpc) is 2.82. The molecule has 0 amide bonds. The van der Waals surface area contributed by atoms with Crippen molar-refractivity contribution in [2.75, 3.05) is 17.1 Å². The Labute approximate surface area is 226 Å². The van der Waals surface area contributed by atoms with E-state index in [-0.39, 0.29) is 16.3 Å². The van der Waals surface area contributed by atoms with Crippen LogP contribution in [0.5, 0.6) is 5.75 Å². The molecule has 3 aromatic carbocycles. The molecule has 7 nitrogen and oxygen atoms in total. The molecule has 0 aliphatic rings. The molecular weight excluding hydrogens is 530 g/mol. The van der Waals surface area contributed by atoms with Gasteiger partial charge in [-0.2, -0.15) is 5.26 Å². The van der Waals surface area contributed by atoms with E-state index in [1.54, 1.807) is 57.2 Å². The van der Waals surface area contributed by atoms with E-state index in [0.717, 1.165) is 11.1 Å². The SMILES string of the molecule is CC(C)(C)NS(=O)(=O)c1ccccc1NS(=O)CCc1ccc(Cl)cc1OCCc1cccc(C#N)c1. The average molecular weight is 560 g/mol. The maximum absolute atomic E-state index is 12.9. The van der Waals surface area contributed by atoms with Crippen LogP contribution in [0.15, 0.2) is 71.6 Å². The second-order valence-corrected chi connectivity index (χ2v) is 12.8. The van der Waals surface area contributed by atoms with Gasteiger partial charge in [-0.1, -0.05) is 41.9 Å². The van der Waals surface area contributed by atoms with E-state index in [1.165, 1.54) is 6.07 Å². The van der Waals surface area contributed by atoms with Crippen molar-refractivity contribution in [3.63, 3.8) is 0 Å². The summed E-state index contributed by atoms with van der Waals surface area (Å²) in [6.07, 6.45) is 1.04. The third-order valence-electron chi connectivity index (χ3n) is 5.13. The lowest BCUT2D eigenvalue weighted by molar-refractivity contribution is 0.319. The number of aryl methyl sites for hydroxylation is 1. The van der Waals surface area contributed by atoms with Gasteiger partial charge in [0.25, 0.3) is 0 Å². The number of rotatable bonds is 11. The number of sulfonamides is 1. The standard InChI is InChI=1S/C27H30ClN3O4S2/c1-27(2,3)31-37(33,34)26-10-5-4-9-24(26)30-36(32)16-14-22-11-12-23(28)18-25(22)35-15-13-20-7-6-8-21(17-20)19-29/h4-12,17-18,30-31H,13-16H2,1-3H3. The third kappa shape index (κ3) is 8.86. The molecule has 1 atom stereocenters. The van der Waals surface area contributed by atoms with Crippen molar-refractivity contribution >= 4 is 38.3 Å². The van der Waals surface area contributed by atoms with Gasteiger partial charge < -0.3 is 9.46 Å². The highest BCUT2D eigenvalue weighted by molar-refractivity contribution is 7.90. The van der Waals surface area contributed by atoms with Crippen LogP contribution in [0.4, 0.5) is 5.69 Å². The molecule has 0 bridgehead atoms. The second kappa shape index (κ2) is 12.6. The molecule has 10 heteroatoms. The molecule has 0 spiro atoms. The summed E-state index contributed by atoms with van der Waals surface area (Å²) in [4.78, 5) is 0.0363. The van der Waals surface area contributed by atoms with E-state index in [2.05, 4.69) is 15.5 Å². The third-order valence-corrected chi connectivity index (χ3v) is 8.21. The van der Waals surface area contributed by atoms with Crippen LogP contribution >= 0.6 is 11.6 Å². The first-order valence-electron chi connectivity index (χ1n) is 11.7. The van der Waals surface area contributed by atoms with Gasteiger partial charge >= 0.3 is 0 Å². The van der Waals surface area contributed by atoms with Crippen molar-refractivity contribution in [1.82, 2.24) is 4.72 Å². The fourth-order valence-corrected chi connectivity index (χ4v) is 6.30. The van der Waals surface area contributed by atoms with Crippen molar-refractivity contribution < 1.29 is 17.4 Å². The number of para-hydroxylation sites is 1. The van der Waals surface area contributed by atoms with E-state index in [0.29, 0.717) is 35.8 Å². The summed E-state index contributed by atoms with van der Waals surface area (Å²) in [6, 6.07) is 21.2. The first-order chi connectivity index (χ1) is 17.5. The Bertz CT molecular complexity index is 1410. The smallest absolute Gasteiger partial charge is 0.243 e. The molecular formula is C27H30ClN3O4S2. The number of ether oxygens (including phenoxy) is 1. The zero-order valence-electron chi connectivity index (χ0n) is 21.0. The molecule has 0 saturated carbocycles. The molecule has 0 aromatic heterocycles. The highest BCUT2D eigenvalue weighted by Crippen LogP contribution is 2.26. The lowest BCUT2D eigenvalue weighted by atomic mass is 10.1. The Balaban J connectivity index is 1.65. The Hall–Kier alpha value is -2.90. The summed E-state index contributed by atoms with van der Waals surface area (Å²) in [5, 5.41) is 9.59. The summed E-state index contributed by atoms with van der Waals surface area (Å²) in [7, 11) is -5.36. The number of nitrogens with one attached hydrogen (secondary N) is 2. The Morgan fingerprint density at radius 3 is 2.51 bits per heavy atom. The number of hydrogen-bond acceptors (Lipinski definition) is 5. The van der Waals surface area contributed by atoms with Gasteiger partial charge in [0, 0.05) is 22.7 Å². The fourth-order valence-electron chi connectivity index (χ4n) is 3.56. The summed E-state index contributed by atoms with van der Waals surface area (Å²) >= 11 is 6.18. The molecule has 0 radical (unpaired) electrons. The summed E-state index contributed by atoms with van der Waals surface area (Å²) in [5.41, 5.74) is 2.03. The van der Waals surface area contributed by atoms with E-state index < -0.39 is 26.5 Å². The monoisotopic (exact) mass is 559 g/mol. The summed E-state index contributed by atoms with van der Waals surface area (Å²) < 4.78 is 50.0. The molecule has 37 heavy (non-hydrogen) atoms. The van der Waals surface area contributed by atoms with Crippen molar-refractivity contribution in [1.29, 1.82) is 5.26 Å². The van der Waals surface area contributed by atoms with E-state index in [4.69, 9.17) is 21.6 Å². The van der Waals surface area contributed by atoms with Gasteiger partial charge in [-0.3, -0.25) is 0 Å². The van der Waals surface area contributed by atoms with Crippen LogP contribution in [0.2, 0.25) is 5.02 Å². The summed E-state index contributed by atoms with van der Waals surface area (Å²) in [5.74, 6) is 0.821. The van der Waals surface area contributed by atoms with E-state index in [1.807, 2.05) is 24.3 Å². The lowest BCUT2D eigenvalue weighted by Gasteiger charge is -2.21. The second-order valence-electron chi connectivity index (χ2n) is 9.42. The zero-order chi connectivity index (χ0) is 27.1. The molecule has 196 valence electrons. The highest BCUT2D eigenvalue weighted by atomic mass is 35.5. The predicted molar refractivity (Wildman–Crippen MR) is 149 cm³/mol. The van der Waals surface area contributed by atoms with Crippen LogP contribution in [0.3, 0.4) is 0 Å². The van der Waals surface area contributed by atoms with Gasteiger partial charge in [-0.15, -0.1) is 0 Å². The molecule has 3 rings (SSSR count). The van der Waals surface area contributed by atoms with Crippen LogP contribution in [0.1, 0.15) is 37.5 Å². The molecule has 2 N–H and O–H groups in total. The molecule has 3 aromatic rings. The summed E-state index contributed by atoms with van der Waals surface area (Å²) in [6.45, 7) is 5.66. The number of hydrogen-bond donors (Lipinski definition) is 2. The molecule has 0 saturated heterocycles. The van der Waals surface area contributed by atoms with Gasteiger partial charge in [0.2, 0.25) is 10.0 Å². The number of anilines is 1. The lowest BCUT2D eigenvalue weighted by Crippen LogP contribution is -2.40. The van der Waals surface area contributed by atoms with Gasteiger partial charge in [0.1, 0.15) is 21.6 Å². The fraction of sp³-hybridized carbons (Fsp3) is 0.296. The van der Waals surface area contributed by atoms with Crippen LogP contribution in [-0.4, -0.2) is 30.5 Å². The largest absolute Gasteiger partial charge is 0.493 e. The van der Waals surface area contributed by atoms with Crippen molar-refractivity contribution in [3.05, 3.63) is 88.4 Å². The first kappa shape index (κ1) is 28.7. The molecule has 0 aliphatic carbocycles. The van der Waals surface area contributed by atoms with E-state index >= 15 is 0 Å². The molecule has 0 heterocycles. The van der Waals surface area contributed by atoms with E-state index in [9.17, 15) is 12.6 Å². The number of benzene rings is 3. The zero-order valence-corrected chi connectivity index (χ0v) is 23.3. The Kier molecular flexibility index (Phi) is 9.74. The molecule has 1 unspecified atom stereocenters. The number of halogens is 1. The predicted octanol–water partition coefficient (Wildman–Crippen LogP) is 5.23.